The van der Waals surface area contributed by atoms with E-state index in [2.05, 4.69) is 5.43 Å². The summed E-state index contributed by atoms with van der Waals surface area (Å²) in [4.78, 5) is 43.2. The molecular weight excluding hydrogens is 343 g/mol. The summed E-state index contributed by atoms with van der Waals surface area (Å²) in [5.41, 5.74) is 0.642. The van der Waals surface area contributed by atoms with Gasteiger partial charge in [0.05, 0.1) is 15.9 Å². The third-order valence-corrected chi connectivity index (χ3v) is 3.39. The highest BCUT2D eigenvalue weighted by Gasteiger charge is 2.38. The molecule has 0 aromatic heterocycles. The van der Waals surface area contributed by atoms with Crippen LogP contribution in [0.3, 0.4) is 0 Å². The molecule has 0 fully saturated rings. The second-order valence-electron chi connectivity index (χ2n) is 3.90. The zero-order valence-electron chi connectivity index (χ0n) is 10.3. The molecule has 0 bridgehead atoms. The molecule has 0 saturated carbocycles. The van der Waals surface area contributed by atoms with Gasteiger partial charge in [0.2, 0.25) is 0 Å². The number of rotatable bonds is 4. The van der Waals surface area contributed by atoms with Crippen molar-refractivity contribution in [3.05, 3.63) is 48.5 Å². The summed E-state index contributed by atoms with van der Waals surface area (Å²) in [6, 6.07) is 2.64. The number of hydrazine groups is 1. The molecule has 114 valence electrons. The summed E-state index contributed by atoms with van der Waals surface area (Å²) in [6.07, 6.45) is 0. The first-order valence-corrected chi connectivity index (χ1v) is 6.13. The van der Waals surface area contributed by atoms with Gasteiger partial charge < -0.3 is 0 Å². The number of carbonyl (C=O) groups excluding carboxylic acids is 2. The van der Waals surface area contributed by atoms with Crippen molar-refractivity contribution in [2.45, 2.75) is 0 Å². The van der Waals surface area contributed by atoms with E-state index in [1.807, 2.05) is 0 Å². The molecule has 2 amide bonds. The van der Waals surface area contributed by atoms with Crippen molar-refractivity contribution in [3.63, 3.8) is 0 Å². The van der Waals surface area contributed by atoms with Gasteiger partial charge in [0.15, 0.2) is 0 Å². The van der Waals surface area contributed by atoms with Crippen LogP contribution in [0.5, 0.6) is 0 Å². The number of nitrogens with one attached hydrogen (secondary N) is 1. The Kier molecular flexibility index (Phi) is 3.97. The van der Waals surface area contributed by atoms with Crippen molar-refractivity contribution in [2.24, 2.45) is 0 Å². The van der Waals surface area contributed by atoms with Crippen LogP contribution in [-0.2, 0) is 9.59 Å². The Morgan fingerprint density at radius 3 is 2.00 bits per heavy atom. The van der Waals surface area contributed by atoms with Crippen LogP contribution in [0.1, 0.15) is 0 Å². The summed E-state index contributed by atoms with van der Waals surface area (Å²) >= 11 is 11.0. The fraction of sp³-hybridized carbons (Fsp3) is 0. The van der Waals surface area contributed by atoms with Crippen LogP contribution in [0.4, 0.5) is 17.1 Å². The highest BCUT2D eigenvalue weighted by atomic mass is 35.5. The van der Waals surface area contributed by atoms with E-state index >= 15 is 0 Å². The molecule has 2 rings (SSSR count). The van der Waals surface area contributed by atoms with E-state index in [9.17, 15) is 29.8 Å². The number of halogens is 2. The molecule has 1 aromatic carbocycles. The summed E-state index contributed by atoms with van der Waals surface area (Å²) in [5, 5.41) is 20.9. The van der Waals surface area contributed by atoms with Gasteiger partial charge in [-0.3, -0.25) is 35.2 Å². The van der Waals surface area contributed by atoms with Gasteiger partial charge in [0.1, 0.15) is 15.8 Å². The standard InChI is InChI=1S/C10H4Cl2N4O6/c11-7-8(12)10(18)14(9(7)17)13-5-2-1-4(15(19)20)3-6(5)16(21)22/h1-3,13H. The van der Waals surface area contributed by atoms with Crippen LogP contribution < -0.4 is 5.43 Å². The minimum Gasteiger partial charge on any atom is -0.282 e. The first-order valence-electron chi connectivity index (χ1n) is 5.37. The number of nitrogens with zero attached hydrogens (tertiary/aromatic N) is 3. The van der Waals surface area contributed by atoms with Gasteiger partial charge in [-0.2, -0.15) is 5.01 Å². The molecule has 1 aliphatic heterocycles. The Morgan fingerprint density at radius 2 is 1.55 bits per heavy atom. The van der Waals surface area contributed by atoms with Crippen molar-refractivity contribution in [1.29, 1.82) is 0 Å². The van der Waals surface area contributed by atoms with E-state index in [-0.39, 0.29) is 5.69 Å². The van der Waals surface area contributed by atoms with Gasteiger partial charge in [0, 0.05) is 6.07 Å². The normalized spacial score (nSPS) is 14.5. The fourth-order valence-electron chi connectivity index (χ4n) is 1.58. The van der Waals surface area contributed by atoms with Gasteiger partial charge in [0.25, 0.3) is 17.5 Å². The number of hydrogen-bond donors (Lipinski definition) is 1. The summed E-state index contributed by atoms with van der Waals surface area (Å²) in [6.45, 7) is 0. The fourth-order valence-corrected chi connectivity index (χ4v) is 1.91. The predicted molar refractivity (Wildman–Crippen MR) is 74.0 cm³/mol. The number of non-ortho nitro benzene ring substituents is 1. The number of imide groups is 1. The van der Waals surface area contributed by atoms with Gasteiger partial charge in [-0.1, -0.05) is 23.2 Å². The zero-order chi connectivity index (χ0) is 16.6. The Labute approximate surface area is 131 Å². The third-order valence-electron chi connectivity index (χ3n) is 2.60. The maximum absolute atomic E-state index is 11.7. The monoisotopic (exact) mass is 346 g/mol. The second-order valence-corrected chi connectivity index (χ2v) is 4.66. The maximum atomic E-state index is 11.7. The highest BCUT2D eigenvalue weighted by molar-refractivity contribution is 6.58. The number of nitro groups is 2. The predicted octanol–water partition coefficient (Wildman–Crippen LogP) is 1.89. The van der Waals surface area contributed by atoms with E-state index in [1.54, 1.807) is 0 Å². The lowest BCUT2D eigenvalue weighted by molar-refractivity contribution is -0.393. The molecule has 22 heavy (non-hydrogen) atoms. The molecule has 12 heteroatoms. The molecule has 0 aliphatic carbocycles. The number of nitro benzene ring substituents is 2. The van der Waals surface area contributed by atoms with Gasteiger partial charge in [-0.05, 0) is 6.07 Å². The SMILES string of the molecule is O=C1C(Cl)=C(Cl)C(=O)N1Nc1ccc([N+](=O)[O-])cc1[N+](=O)[O-]. The molecule has 10 nitrogen and oxygen atoms in total. The number of amides is 2. The second kappa shape index (κ2) is 5.58. The average molecular weight is 347 g/mol. The molecule has 0 saturated heterocycles. The first kappa shape index (κ1) is 15.7. The summed E-state index contributed by atoms with van der Waals surface area (Å²) < 4.78 is 0. The number of anilines is 1. The van der Waals surface area contributed by atoms with Crippen molar-refractivity contribution in [1.82, 2.24) is 5.01 Å². The van der Waals surface area contributed by atoms with E-state index < -0.39 is 43.1 Å². The Bertz CT molecular complexity index is 738. The van der Waals surface area contributed by atoms with E-state index in [0.717, 1.165) is 12.1 Å². The van der Waals surface area contributed by atoms with Gasteiger partial charge in [-0.15, -0.1) is 0 Å². The Balaban J connectivity index is 2.39. The number of benzene rings is 1. The minimum atomic E-state index is -0.996. The molecule has 1 N–H and O–H groups in total. The van der Waals surface area contributed by atoms with Crippen LogP contribution in [0, 0.1) is 20.2 Å². The van der Waals surface area contributed by atoms with Crippen LogP contribution in [0.25, 0.3) is 0 Å². The van der Waals surface area contributed by atoms with Gasteiger partial charge >= 0.3 is 5.69 Å². The van der Waals surface area contributed by atoms with Crippen LogP contribution in [0.2, 0.25) is 0 Å². The van der Waals surface area contributed by atoms with Crippen molar-refractivity contribution < 1.29 is 19.4 Å². The lowest BCUT2D eigenvalue weighted by Gasteiger charge is -2.16. The van der Waals surface area contributed by atoms with Crippen LogP contribution >= 0.6 is 23.2 Å². The molecule has 0 atom stereocenters. The molecule has 1 aromatic rings. The van der Waals surface area contributed by atoms with Crippen LogP contribution in [0.15, 0.2) is 28.3 Å². The number of carbonyl (C=O) groups is 2. The Hall–Kier alpha value is -2.72. The summed E-state index contributed by atoms with van der Waals surface area (Å²) in [7, 11) is 0. The molecule has 0 spiro atoms. The number of hydrogen-bond acceptors (Lipinski definition) is 7. The topological polar surface area (TPSA) is 136 Å². The van der Waals surface area contributed by atoms with Crippen LogP contribution in [-0.4, -0.2) is 26.7 Å². The zero-order valence-corrected chi connectivity index (χ0v) is 11.8. The summed E-state index contributed by atoms with van der Waals surface area (Å²) in [5.74, 6) is -1.99. The third kappa shape index (κ3) is 2.56. The quantitative estimate of drug-likeness (QED) is 0.499. The lowest BCUT2D eigenvalue weighted by atomic mass is 10.2. The molecule has 1 aliphatic rings. The molecular formula is C10H4Cl2N4O6. The van der Waals surface area contributed by atoms with Gasteiger partial charge in [-0.25, -0.2) is 0 Å². The minimum absolute atomic E-state index is 0.312. The lowest BCUT2D eigenvalue weighted by Crippen LogP contribution is -2.36. The van der Waals surface area contributed by atoms with Crippen molar-refractivity contribution >= 4 is 52.1 Å². The smallest absolute Gasteiger partial charge is 0.282 e. The molecule has 0 unspecified atom stereocenters. The van der Waals surface area contributed by atoms with Crippen molar-refractivity contribution in [3.8, 4) is 0 Å². The maximum Gasteiger partial charge on any atom is 0.300 e. The highest BCUT2D eigenvalue weighted by Crippen LogP contribution is 2.32. The van der Waals surface area contributed by atoms with Crippen molar-refractivity contribution in [2.75, 3.05) is 5.43 Å². The first-order chi connectivity index (χ1) is 10.2. The van der Waals surface area contributed by atoms with E-state index in [1.165, 1.54) is 0 Å². The van der Waals surface area contributed by atoms with E-state index in [4.69, 9.17) is 23.2 Å². The molecule has 1 heterocycles. The molecule has 0 radical (unpaired) electrons. The average Bonchev–Trinajstić information content (AvgIpc) is 2.65. The largest absolute Gasteiger partial charge is 0.300 e. The van der Waals surface area contributed by atoms with E-state index in [0.29, 0.717) is 11.1 Å². The Morgan fingerprint density at radius 1 is 1.00 bits per heavy atom.